The zero-order valence-electron chi connectivity index (χ0n) is 7.41. The van der Waals surface area contributed by atoms with Gasteiger partial charge in [0.15, 0.2) is 0 Å². The summed E-state index contributed by atoms with van der Waals surface area (Å²) in [6.45, 7) is 1.68. The van der Waals surface area contributed by atoms with Crippen molar-refractivity contribution < 1.29 is 14.6 Å². The van der Waals surface area contributed by atoms with Gasteiger partial charge in [-0.15, -0.1) is 0 Å². The van der Waals surface area contributed by atoms with Gasteiger partial charge in [0, 0.05) is 0 Å². The van der Waals surface area contributed by atoms with Crippen LogP contribution < -0.4 is 0 Å². The lowest BCUT2D eigenvalue weighted by Gasteiger charge is -2.24. The molecule has 0 aromatic heterocycles. The number of aliphatic hydroxyl groups is 1. The molecule has 0 aromatic rings. The van der Waals surface area contributed by atoms with E-state index in [2.05, 4.69) is 4.74 Å². The van der Waals surface area contributed by atoms with E-state index in [0.717, 1.165) is 18.4 Å². The molecule has 68 valence electrons. The van der Waals surface area contributed by atoms with Crippen LogP contribution in [-0.4, -0.2) is 24.3 Å². The quantitative estimate of drug-likeness (QED) is 0.505. The molecule has 0 heterocycles. The van der Waals surface area contributed by atoms with Crippen molar-refractivity contribution in [3.05, 3.63) is 11.6 Å². The third-order valence-electron chi connectivity index (χ3n) is 2.27. The van der Waals surface area contributed by atoms with E-state index in [0.29, 0.717) is 0 Å². The number of hydrogen-bond acceptors (Lipinski definition) is 3. The molecule has 2 atom stereocenters. The number of hydrogen-bond donors (Lipinski definition) is 1. The number of aliphatic hydroxyl groups excluding tert-OH is 1. The lowest BCUT2D eigenvalue weighted by molar-refractivity contribution is -0.147. The Labute approximate surface area is 72.0 Å². The first kappa shape index (κ1) is 9.26. The van der Waals surface area contributed by atoms with Gasteiger partial charge < -0.3 is 9.84 Å². The van der Waals surface area contributed by atoms with Crippen molar-refractivity contribution in [1.82, 2.24) is 0 Å². The van der Waals surface area contributed by atoms with Crippen LogP contribution in [0, 0.1) is 5.92 Å². The number of rotatable bonds is 3. The Morgan fingerprint density at radius 2 is 2.33 bits per heavy atom. The van der Waals surface area contributed by atoms with Crippen LogP contribution in [0.25, 0.3) is 0 Å². The van der Waals surface area contributed by atoms with Gasteiger partial charge in [0.05, 0.1) is 19.1 Å². The molecule has 1 N–H and O–H groups in total. The van der Waals surface area contributed by atoms with E-state index in [4.69, 9.17) is 0 Å². The van der Waals surface area contributed by atoms with Crippen LogP contribution in [-0.2, 0) is 9.53 Å². The van der Waals surface area contributed by atoms with Crippen molar-refractivity contribution in [1.29, 1.82) is 0 Å². The zero-order valence-corrected chi connectivity index (χ0v) is 7.41. The third kappa shape index (κ3) is 1.67. The molecule has 0 radical (unpaired) electrons. The summed E-state index contributed by atoms with van der Waals surface area (Å²) >= 11 is 0. The number of allylic oxidation sites excluding steroid dienone is 1. The summed E-state index contributed by atoms with van der Waals surface area (Å²) < 4.78 is 4.53. The Kier molecular flexibility index (Phi) is 2.87. The molecular formula is C9H14O3. The van der Waals surface area contributed by atoms with E-state index < -0.39 is 12.0 Å². The van der Waals surface area contributed by atoms with Crippen LogP contribution in [0.1, 0.15) is 19.8 Å². The van der Waals surface area contributed by atoms with E-state index in [1.54, 1.807) is 6.92 Å². The molecule has 12 heavy (non-hydrogen) atoms. The van der Waals surface area contributed by atoms with Gasteiger partial charge in [-0.25, -0.2) is 0 Å². The second kappa shape index (κ2) is 3.72. The van der Waals surface area contributed by atoms with E-state index in [1.165, 1.54) is 7.11 Å². The predicted octanol–water partition coefficient (Wildman–Crippen LogP) is 0.877. The average Bonchev–Trinajstić information content (AvgIpc) is 1.98. The van der Waals surface area contributed by atoms with Gasteiger partial charge in [-0.3, -0.25) is 4.79 Å². The second-order valence-corrected chi connectivity index (χ2v) is 3.07. The van der Waals surface area contributed by atoms with Gasteiger partial charge in [0.2, 0.25) is 0 Å². The molecule has 3 heteroatoms. The molecule has 0 aromatic carbocycles. The highest BCUT2D eigenvalue weighted by Gasteiger charge is 2.27. The monoisotopic (exact) mass is 170 g/mol. The van der Waals surface area contributed by atoms with E-state index in [-0.39, 0.29) is 5.97 Å². The van der Waals surface area contributed by atoms with E-state index >= 15 is 0 Å². The average molecular weight is 170 g/mol. The standard InChI is InChI=1S/C9H14O3/c1-6(9(11)12-2)8(10)7-4-3-5-7/h4,6,8,10H,3,5H2,1-2H3. The van der Waals surface area contributed by atoms with Crippen molar-refractivity contribution in [3.8, 4) is 0 Å². The van der Waals surface area contributed by atoms with Crippen LogP contribution in [0.5, 0.6) is 0 Å². The SMILES string of the molecule is COC(=O)C(C)C(O)C1=CCC1. The smallest absolute Gasteiger partial charge is 0.311 e. The fraction of sp³-hybridized carbons (Fsp3) is 0.667. The first-order chi connectivity index (χ1) is 5.66. The van der Waals surface area contributed by atoms with Gasteiger partial charge in [0.25, 0.3) is 0 Å². The van der Waals surface area contributed by atoms with Crippen LogP contribution in [0.3, 0.4) is 0 Å². The first-order valence-electron chi connectivity index (χ1n) is 4.11. The maximum atomic E-state index is 11.0. The number of carbonyl (C=O) groups excluding carboxylic acids is 1. The van der Waals surface area contributed by atoms with E-state index in [1.807, 2.05) is 6.08 Å². The number of esters is 1. The Morgan fingerprint density at radius 3 is 2.67 bits per heavy atom. The van der Waals surface area contributed by atoms with Crippen LogP contribution >= 0.6 is 0 Å². The molecule has 0 spiro atoms. The molecule has 1 rings (SSSR count). The summed E-state index contributed by atoms with van der Waals surface area (Å²) in [5.41, 5.74) is 0.966. The normalized spacial score (nSPS) is 20.4. The summed E-state index contributed by atoms with van der Waals surface area (Å²) in [7, 11) is 1.33. The van der Waals surface area contributed by atoms with Crippen molar-refractivity contribution in [2.24, 2.45) is 5.92 Å². The second-order valence-electron chi connectivity index (χ2n) is 3.07. The molecule has 1 aliphatic rings. The van der Waals surface area contributed by atoms with Gasteiger partial charge in [-0.1, -0.05) is 6.08 Å². The van der Waals surface area contributed by atoms with Gasteiger partial charge in [-0.05, 0) is 25.3 Å². The third-order valence-corrected chi connectivity index (χ3v) is 2.27. The van der Waals surface area contributed by atoms with Crippen LogP contribution in [0.15, 0.2) is 11.6 Å². The van der Waals surface area contributed by atoms with Crippen molar-refractivity contribution in [3.63, 3.8) is 0 Å². The molecule has 2 unspecified atom stereocenters. The lowest BCUT2D eigenvalue weighted by Crippen LogP contribution is -2.29. The maximum Gasteiger partial charge on any atom is 0.311 e. The number of methoxy groups -OCH3 is 1. The lowest BCUT2D eigenvalue weighted by atomic mass is 9.87. The fourth-order valence-electron chi connectivity index (χ4n) is 1.22. The van der Waals surface area contributed by atoms with Crippen LogP contribution in [0.2, 0.25) is 0 Å². The largest absolute Gasteiger partial charge is 0.469 e. The molecule has 0 fully saturated rings. The summed E-state index contributed by atoms with van der Waals surface area (Å²) in [5, 5.41) is 9.57. The molecule has 1 aliphatic carbocycles. The predicted molar refractivity (Wildman–Crippen MR) is 44.5 cm³/mol. The van der Waals surface area contributed by atoms with Crippen molar-refractivity contribution in [2.45, 2.75) is 25.9 Å². The molecule has 0 saturated heterocycles. The Morgan fingerprint density at radius 1 is 1.75 bits per heavy atom. The minimum atomic E-state index is -0.647. The topological polar surface area (TPSA) is 46.5 Å². The minimum absolute atomic E-state index is 0.352. The fourth-order valence-corrected chi connectivity index (χ4v) is 1.22. The molecule has 0 saturated carbocycles. The highest BCUT2D eigenvalue weighted by molar-refractivity contribution is 5.73. The summed E-state index contributed by atoms with van der Waals surface area (Å²) in [6.07, 6.45) is 3.23. The minimum Gasteiger partial charge on any atom is -0.469 e. The van der Waals surface area contributed by atoms with Crippen LogP contribution in [0.4, 0.5) is 0 Å². The highest BCUT2D eigenvalue weighted by atomic mass is 16.5. The Hall–Kier alpha value is -0.830. The van der Waals surface area contributed by atoms with Crippen molar-refractivity contribution >= 4 is 5.97 Å². The van der Waals surface area contributed by atoms with Gasteiger partial charge in [0.1, 0.15) is 0 Å². The molecular weight excluding hydrogens is 156 g/mol. The van der Waals surface area contributed by atoms with E-state index in [9.17, 15) is 9.90 Å². The molecule has 0 aliphatic heterocycles. The molecule has 0 amide bonds. The first-order valence-corrected chi connectivity index (χ1v) is 4.11. The van der Waals surface area contributed by atoms with Crippen molar-refractivity contribution in [2.75, 3.05) is 7.11 Å². The summed E-state index contributed by atoms with van der Waals surface area (Å²) in [5.74, 6) is -0.795. The molecule has 0 bridgehead atoms. The Bertz CT molecular complexity index is 208. The number of ether oxygens (including phenoxy) is 1. The zero-order chi connectivity index (χ0) is 9.14. The van der Waals surface area contributed by atoms with Gasteiger partial charge in [-0.2, -0.15) is 0 Å². The number of carbonyl (C=O) groups is 1. The molecule has 3 nitrogen and oxygen atoms in total. The highest BCUT2D eigenvalue weighted by Crippen LogP contribution is 2.25. The maximum absolute atomic E-state index is 11.0. The summed E-state index contributed by atoms with van der Waals surface area (Å²) in [4.78, 5) is 11.0. The van der Waals surface area contributed by atoms with Gasteiger partial charge >= 0.3 is 5.97 Å². The summed E-state index contributed by atoms with van der Waals surface area (Å²) in [6, 6.07) is 0. The Balaban J connectivity index is 2.51.